The second-order valence-corrected chi connectivity index (χ2v) is 1.99. The number of carbonyl (C=O) groups is 1. The second kappa shape index (κ2) is 2.92. The number of urea groups is 1. The SMILES string of the molecule is NC(=O)N1N=CC(C(F)(F)F)=NN1. The highest BCUT2D eigenvalue weighted by Gasteiger charge is 2.36. The molecule has 13 heavy (non-hydrogen) atoms. The number of hydrazone groups is 2. The van der Waals surface area contributed by atoms with Crippen LogP contribution in [0.5, 0.6) is 0 Å². The van der Waals surface area contributed by atoms with E-state index in [0.717, 1.165) is 0 Å². The summed E-state index contributed by atoms with van der Waals surface area (Å²) in [5.41, 5.74) is 5.15. The molecule has 0 saturated heterocycles. The van der Waals surface area contributed by atoms with E-state index in [1.165, 1.54) is 0 Å². The molecule has 0 saturated carbocycles. The van der Waals surface area contributed by atoms with Gasteiger partial charge in [0.2, 0.25) is 0 Å². The minimum Gasteiger partial charge on any atom is -0.348 e. The van der Waals surface area contributed by atoms with Crippen LogP contribution >= 0.6 is 0 Å². The fraction of sp³-hybridized carbons (Fsp3) is 0.250. The second-order valence-electron chi connectivity index (χ2n) is 1.99. The topological polar surface area (TPSA) is 83.1 Å². The Labute approximate surface area is 69.8 Å². The number of alkyl halides is 3. The van der Waals surface area contributed by atoms with Crippen LogP contribution in [0.25, 0.3) is 0 Å². The van der Waals surface area contributed by atoms with Crippen molar-refractivity contribution < 1.29 is 18.0 Å². The first-order chi connectivity index (χ1) is 5.91. The van der Waals surface area contributed by atoms with E-state index in [1.54, 1.807) is 5.53 Å². The normalized spacial score (nSPS) is 16.5. The molecule has 0 aromatic heterocycles. The highest BCUT2D eigenvalue weighted by Crippen LogP contribution is 2.16. The summed E-state index contributed by atoms with van der Waals surface area (Å²) >= 11 is 0. The highest BCUT2D eigenvalue weighted by atomic mass is 19.4. The Kier molecular flexibility index (Phi) is 2.09. The fourth-order valence-electron chi connectivity index (χ4n) is 0.511. The van der Waals surface area contributed by atoms with Gasteiger partial charge in [-0.05, 0) is 0 Å². The standard InChI is InChI=1S/C4H4F3N5O/c5-4(6,7)2-1-9-12(3(8)13)11-10-2/h1,11H,(H2,8,13). The van der Waals surface area contributed by atoms with Crippen LogP contribution in [0, 0.1) is 0 Å². The minimum atomic E-state index is -4.60. The number of nitrogens with two attached hydrogens (primary N) is 1. The van der Waals surface area contributed by atoms with Gasteiger partial charge < -0.3 is 5.73 Å². The molecule has 0 spiro atoms. The molecule has 0 bridgehead atoms. The number of nitrogens with zero attached hydrogens (tertiary/aromatic N) is 3. The van der Waals surface area contributed by atoms with E-state index in [0.29, 0.717) is 11.3 Å². The minimum absolute atomic E-state index is 0.370. The first kappa shape index (κ1) is 9.29. The number of amides is 2. The largest absolute Gasteiger partial charge is 0.436 e. The van der Waals surface area contributed by atoms with Crippen LogP contribution in [0.3, 0.4) is 0 Å². The molecule has 1 heterocycles. The summed E-state index contributed by atoms with van der Waals surface area (Å²) in [6.07, 6.45) is -4.21. The number of hydrogen-bond acceptors (Lipinski definition) is 4. The summed E-state index contributed by atoms with van der Waals surface area (Å²) in [6.45, 7) is 0. The van der Waals surface area contributed by atoms with Gasteiger partial charge in [-0.25, -0.2) is 4.79 Å². The molecule has 1 aliphatic rings. The molecule has 9 heteroatoms. The maximum atomic E-state index is 11.9. The Morgan fingerprint density at radius 2 is 2.23 bits per heavy atom. The molecule has 0 aliphatic carbocycles. The number of rotatable bonds is 0. The van der Waals surface area contributed by atoms with Crippen molar-refractivity contribution in [2.24, 2.45) is 15.9 Å². The summed E-state index contributed by atoms with van der Waals surface area (Å²) in [5.74, 6) is 0. The van der Waals surface area contributed by atoms with Crippen LogP contribution in [-0.2, 0) is 0 Å². The van der Waals surface area contributed by atoms with Crippen LogP contribution in [0.1, 0.15) is 0 Å². The van der Waals surface area contributed by atoms with E-state index in [4.69, 9.17) is 0 Å². The van der Waals surface area contributed by atoms with Gasteiger partial charge in [-0.1, -0.05) is 0 Å². The van der Waals surface area contributed by atoms with Gasteiger partial charge in [0, 0.05) is 0 Å². The van der Waals surface area contributed by atoms with Crippen molar-refractivity contribution in [1.29, 1.82) is 0 Å². The average Bonchev–Trinajstić information content (AvgIpc) is 2.03. The van der Waals surface area contributed by atoms with Crippen LogP contribution in [0.15, 0.2) is 10.2 Å². The number of carbonyl (C=O) groups excluding carboxylic acids is 1. The van der Waals surface area contributed by atoms with E-state index in [-0.39, 0.29) is 0 Å². The van der Waals surface area contributed by atoms with Crippen molar-refractivity contribution in [2.45, 2.75) is 6.18 Å². The molecule has 0 fully saturated rings. The summed E-state index contributed by atoms with van der Waals surface area (Å²) in [4.78, 5) is 10.3. The predicted molar refractivity (Wildman–Crippen MR) is 36.5 cm³/mol. The Balaban J connectivity index is 2.71. The van der Waals surface area contributed by atoms with Crippen molar-refractivity contribution in [3.8, 4) is 0 Å². The first-order valence-corrected chi connectivity index (χ1v) is 2.95. The lowest BCUT2D eigenvalue weighted by molar-refractivity contribution is -0.0576. The van der Waals surface area contributed by atoms with Gasteiger partial charge in [0.1, 0.15) is 0 Å². The number of nitrogens with one attached hydrogen (secondary N) is 1. The lowest BCUT2D eigenvalue weighted by atomic mass is 10.4. The average molecular weight is 195 g/mol. The third kappa shape index (κ3) is 2.07. The Morgan fingerprint density at radius 3 is 2.54 bits per heavy atom. The zero-order chi connectivity index (χ0) is 10.1. The van der Waals surface area contributed by atoms with Crippen molar-refractivity contribution in [3.63, 3.8) is 0 Å². The molecule has 0 radical (unpaired) electrons. The van der Waals surface area contributed by atoms with Gasteiger partial charge in [0.05, 0.1) is 6.21 Å². The number of halogens is 3. The van der Waals surface area contributed by atoms with E-state index in [9.17, 15) is 18.0 Å². The quantitative estimate of drug-likeness (QED) is 0.560. The van der Waals surface area contributed by atoms with E-state index in [2.05, 4.69) is 15.9 Å². The molecule has 0 unspecified atom stereocenters. The van der Waals surface area contributed by atoms with Crippen LogP contribution in [0.4, 0.5) is 18.0 Å². The molecular weight excluding hydrogens is 191 g/mol. The van der Waals surface area contributed by atoms with Crippen LogP contribution in [0.2, 0.25) is 0 Å². The molecule has 1 aliphatic heterocycles. The fourth-order valence-corrected chi connectivity index (χ4v) is 0.511. The molecule has 0 atom stereocenters. The van der Waals surface area contributed by atoms with E-state index in [1.807, 2.05) is 0 Å². The lowest BCUT2D eigenvalue weighted by Gasteiger charge is -2.17. The van der Waals surface area contributed by atoms with E-state index < -0.39 is 17.9 Å². The van der Waals surface area contributed by atoms with Gasteiger partial charge >= 0.3 is 12.2 Å². The Hall–Kier alpha value is -1.80. The molecule has 0 aromatic carbocycles. The highest BCUT2D eigenvalue weighted by molar-refractivity contribution is 6.33. The summed E-state index contributed by atoms with van der Waals surface area (Å²) < 4.78 is 35.6. The molecule has 0 aromatic rings. The van der Waals surface area contributed by atoms with Crippen molar-refractivity contribution in [1.82, 2.24) is 10.7 Å². The summed E-state index contributed by atoms with van der Waals surface area (Å²) in [6, 6.07) is -1.05. The van der Waals surface area contributed by atoms with Crippen molar-refractivity contribution in [2.75, 3.05) is 0 Å². The summed E-state index contributed by atoms with van der Waals surface area (Å²) in [5, 5.41) is 6.24. The maximum Gasteiger partial charge on any atom is 0.436 e. The third-order valence-corrected chi connectivity index (χ3v) is 1.06. The summed E-state index contributed by atoms with van der Waals surface area (Å²) in [7, 11) is 0. The van der Waals surface area contributed by atoms with Gasteiger partial charge in [-0.15, -0.1) is 5.12 Å². The Morgan fingerprint density at radius 1 is 1.62 bits per heavy atom. The van der Waals surface area contributed by atoms with Crippen molar-refractivity contribution in [3.05, 3.63) is 0 Å². The third-order valence-electron chi connectivity index (χ3n) is 1.06. The molecule has 3 N–H and O–H groups in total. The number of hydrogen-bond donors (Lipinski definition) is 2. The number of primary amides is 1. The molecule has 6 nitrogen and oxygen atoms in total. The molecule has 2 amide bonds. The van der Waals surface area contributed by atoms with Crippen LogP contribution < -0.4 is 11.3 Å². The molecular formula is C4H4F3N5O. The van der Waals surface area contributed by atoms with Gasteiger partial charge in [0.15, 0.2) is 5.71 Å². The van der Waals surface area contributed by atoms with Crippen molar-refractivity contribution >= 4 is 18.0 Å². The lowest BCUT2D eigenvalue weighted by Crippen LogP contribution is -2.44. The maximum absolute atomic E-state index is 11.9. The zero-order valence-electron chi connectivity index (χ0n) is 6.04. The predicted octanol–water partition coefficient (Wildman–Crippen LogP) is -0.211. The monoisotopic (exact) mass is 195 g/mol. The Bertz CT molecular complexity index is 282. The van der Waals surface area contributed by atoms with E-state index >= 15 is 0 Å². The smallest absolute Gasteiger partial charge is 0.348 e. The number of hydrazine groups is 1. The first-order valence-electron chi connectivity index (χ1n) is 2.95. The van der Waals surface area contributed by atoms with Gasteiger partial charge in [-0.3, -0.25) is 0 Å². The van der Waals surface area contributed by atoms with Crippen LogP contribution in [-0.4, -0.2) is 29.3 Å². The zero-order valence-corrected chi connectivity index (χ0v) is 6.04. The molecule has 72 valence electrons. The van der Waals surface area contributed by atoms with Gasteiger partial charge in [0.25, 0.3) is 0 Å². The van der Waals surface area contributed by atoms with Gasteiger partial charge in [-0.2, -0.15) is 28.9 Å². The molecule has 1 rings (SSSR count).